The van der Waals surface area contributed by atoms with Crippen LogP contribution in [0.4, 0.5) is 0 Å². The Morgan fingerprint density at radius 1 is 1.50 bits per heavy atom. The number of halogens is 1. The highest BCUT2D eigenvalue weighted by Gasteiger charge is 2.19. The summed E-state index contributed by atoms with van der Waals surface area (Å²) in [5.74, 6) is 1.06. The SMILES string of the molecule is CCOc1c(OC)ccc(Cl)c1C(N)CO. The van der Waals surface area contributed by atoms with E-state index in [0.717, 1.165) is 0 Å². The van der Waals surface area contributed by atoms with Crippen molar-refractivity contribution >= 4 is 11.6 Å². The summed E-state index contributed by atoms with van der Waals surface area (Å²) in [6.07, 6.45) is 0. The molecule has 0 aliphatic carbocycles. The van der Waals surface area contributed by atoms with Crippen LogP contribution >= 0.6 is 11.6 Å². The highest BCUT2D eigenvalue weighted by molar-refractivity contribution is 6.31. The fraction of sp³-hybridized carbons (Fsp3) is 0.455. The van der Waals surface area contributed by atoms with Crippen molar-refractivity contribution in [1.82, 2.24) is 0 Å². The molecule has 0 bridgehead atoms. The van der Waals surface area contributed by atoms with Gasteiger partial charge in [-0.15, -0.1) is 0 Å². The molecule has 1 unspecified atom stereocenters. The van der Waals surface area contributed by atoms with Crippen LogP contribution in [0.1, 0.15) is 18.5 Å². The molecule has 1 atom stereocenters. The van der Waals surface area contributed by atoms with Crippen molar-refractivity contribution in [2.75, 3.05) is 20.3 Å². The van der Waals surface area contributed by atoms with Gasteiger partial charge in [-0.05, 0) is 19.1 Å². The summed E-state index contributed by atoms with van der Waals surface area (Å²) in [4.78, 5) is 0. The number of aliphatic hydroxyl groups excluding tert-OH is 1. The average Bonchev–Trinajstić information content (AvgIpc) is 2.29. The number of methoxy groups -OCH3 is 1. The summed E-state index contributed by atoms with van der Waals surface area (Å²) in [6, 6.07) is 2.80. The largest absolute Gasteiger partial charge is 0.493 e. The number of hydrogen-bond donors (Lipinski definition) is 2. The molecule has 0 spiro atoms. The van der Waals surface area contributed by atoms with E-state index < -0.39 is 6.04 Å². The monoisotopic (exact) mass is 245 g/mol. The van der Waals surface area contributed by atoms with Gasteiger partial charge < -0.3 is 20.3 Å². The zero-order valence-electron chi connectivity index (χ0n) is 9.37. The normalized spacial score (nSPS) is 12.3. The molecule has 0 saturated heterocycles. The van der Waals surface area contributed by atoms with Crippen LogP contribution < -0.4 is 15.2 Å². The minimum Gasteiger partial charge on any atom is -0.493 e. The maximum absolute atomic E-state index is 9.09. The Labute approximate surface area is 99.9 Å². The van der Waals surface area contributed by atoms with Crippen molar-refractivity contribution in [2.24, 2.45) is 5.73 Å². The second-order valence-corrected chi connectivity index (χ2v) is 3.62. The standard InChI is InChI=1S/C11H16ClNO3/c1-3-16-11-9(15-2)5-4-7(12)10(11)8(13)6-14/h4-5,8,14H,3,6,13H2,1-2H3. The van der Waals surface area contributed by atoms with E-state index >= 15 is 0 Å². The van der Waals surface area contributed by atoms with Gasteiger partial charge in [0.2, 0.25) is 0 Å². The predicted octanol–water partition coefficient (Wildman–Crippen LogP) is 1.74. The molecular weight excluding hydrogens is 230 g/mol. The fourth-order valence-electron chi connectivity index (χ4n) is 1.45. The minimum absolute atomic E-state index is 0.201. The van der Waals surface area contributed by atoms with Crippen LogP contribution in [-0.2, 0) is 0 Å². The number of ether oxygens (including phenoxy) is 2. The lowest BCUT2D eigenvalue weighted by Crippen LogP contribution is -2.17. The maximum atomic E-state index is 9.09. The summed E-state index contributed by atoms with van der Waals surface area (Å²) in [5, 5.41) is 9.55. The molecular formula is C11H16ClNO3. The highest BCUT2D eigenvalue weighted by atomic mass is 35.5. The Morgan fingerprint density at radius 3 is 2.69 bits per heavy atom. The molecule has 0 fully saturated rings. The lowest BCUT2D eigenvalue weighted by atomic mass is 10.1. The highest BCUT2D eigenvalue weighted by Crippen LogP contribution is 2.38. The van der Waals surface area contributed by atoms with Crippen LogP contribution in [0.3, 0.4) is 0 Å². The van der Waals surface area contributed by atoms with Gasteiger partial charge in [-0.25, -0.2) is 0 Å². The third-order valence-corrected chi connectivity index (χ3v) is 2.51. The molecule has 0 saturated carbocycles. The van der Waals surface area contributed by atoms with E-state index in [-0.39, 0.29) is 6.61 Å². The van der Waals surface area contributed by atoms with Crippen LogP contribution in [0.25, 0.3) is 0 Å². The number of rotatable bonds is 5. The first-order valence-corrected chi connectivity index (χ1v) is 5.39. The van der Waals surface area contributed by atoms with Gasteiger partial charge in [0.1, 0.15) is 0 Å². The summed E-state index contributed by atoms with van der Waals surface area (Å²) in [7, 11) is 1.54. The molecule has 16 heavy (non-hydrogen) atoms. The molecule has 0 aliphatic heterocycles. The van der Waals surface area contributed by atoms with Crippen molar-refractivity contribution in [3.63, 3.8) is 0 Å². The van der Waals surface area contributed by atoms with Crippen molar-refractivity contribution < 1.29 is 14.6 Å². The number of benzene rings is 1. The van der Waals surface area contributed by atoms with Crippen LogP contribution in [0.15, 0.2) is 12.1 Å². The average molecular weight is 246 g/mol. The molecule has 5 heteroatoms. The predicted molar refractivity (Wildman–Crippen MR) is 63.2 cm³/mol. The van der Waals surface area contributed by atoms with Crippen LogP contribution in [0, 0.1) is 0 Å². The molecule has 0 aliphatic rings. The zero-order valence-corrected chi connectivity index (χ0v) is 10.1. The third kappa shape index (κ3) is 2.58. The van der Waals surface area contributed by atoms with Gasteiger partial charge in [0.25, 0.3) is 0 Å². The van der Waals surface area contributed by atoms with Gasteiger partial charge in [0.15, 0.2) is 11.5 Å². The van der Waals surface area contributed by atoms with Crippen LogP contribution in [-0.4, -0.2) is 25.4 Å². The molecule has 1 aromatic carbocycles. The fourth-order valence-corrected chi connectivity index (χ4v) is 1.74. The Morgan fingerprint density at radius 2 is 2.19 bits per heavy atom. The van der Waals surface area contributed by atoms with Gasteiger partial charge in [-0.2, -0.15) is 0 Å². The summed E-state index contributed by atoms with van der Waals surface area (Å²) in [6.45, 7) is 2.13. The number of aliphatic hydroxyl groups is 1. The van der Waals surface area contributed by atoms with Crippen molar-refractivity contribution in [2.45, 2.75) is 13.0 Å². The molecule has 0 aromatic heterocycles. The molecule has 3 N–H and O–H groups in total. The van der Waals surface area contributed by atoms with Crippen molar-refractivity contribution in [3.8, 4) is 11.5 Å². The van der Waals surface area contributed by atoms with Gasteiger partial charge in [-0.3, -0.25) is 0 Å². The molecule has 1 rings (SSSR count). The Kier molecular flexibility index (Phi) is 4.86. The van der Waals surface area contributed by atoms with Gasteiger partial charge >= 0.3 is 0 Å². The topological polar surface area (TPSA) is 64.7 Å². The van der Waals surface area contributed by atoms with Gasteiger partial charge in [-0.1, -0.05) is 11.6 Å². The van der Waals surface area contributed by atoms with E-state index in [1.807, 2.05) is 6.92 Å². The van der Waals surface area contributed by atoms with E-state index in [2.05, 4.69) is 0 Å². The molecule has 0 heterocycles. The third-order valence-electron chi connectivity index (χ3n) is 2.18. The molecule has 1 aromatic rings. The van der Waals surface area contributed by atoms with Gasteiger partial charge in [0, 0.05) is 10.6 Å². The Bertz CT molecular complexity index is 357. The maximum Gasteiger partial charge on any atom is 0.167 e. The van der Waals surface area contributed by atoms with Crippen molar-refractivity contribution in [1.29, 1.82) is 0 Å². The lowest BCUT2D eigenvalue weighted by Gasteiger charge is -2.18. The molecule has 90 valence electrons. The van der Waals surface area contributed by atoms with Crippen molar-refractivity contribution in [3.05, 3.63) is 22.7 Å². The minimum atomic E-state index is -0.579. The first-order chi connectivity index (χ1) is 7.65. The Hall–Kier alpha value is -0.970. The zero-order chi connectivity index (χ0) is 12.1. The van der Waals surface area contributed by atoms with Crippen LogP contribution in [0.5, 0.6) is 11.5 Å². The van der Waals surface area contributed by atoms with E-state index in [1.165, 1.54) is 0 Å². The first-order valence-electron chi connectivity index (χ1n) is 5.01. The second kappa shape index (κ2) is 5.94. The van der Waals surface area contributed by atoms with Gasteiger partial charge in [0.05, 0.1) is 26.4 Å². The molecule has 4 nitrogen and oxygen atoms in total. The summed E-state index contributed by atoms with van der Waals surface area (Å²) in [5.41, 5.74) is 6.35. The first kappa shape index (κ1) is 13.1. The Balaban J connectivity index is 3.29. The van der Waals surface area contributed by atoms with E-state index in [4.69, 9.17) is 31.9 Å². The summed E-state index contributed by atoms with van der Waals surface area (Å²) < 4.78 is 10.6. The van der Waals surface area contributed by atoms with E-state index in [1.54, 1.807) is 19.2 Å². The van der Waals surface area contributed by atoms with Crippen LogP contribution in [0.2, 0.25) is 5.02 Å². The van der Waals surface area contributed by atoms with E-state index in [9.17, 15) is 0 Å². The molecule has 0 radical (unpaired) electrons. The summed E-state index contributed by atoms with van der Waals surface area (Å²) >= 11 is 6.04. The lowest BCUT2D eigenvalue weighted by molar-refractivity contribution is 0.258. The quantitative estimate of drug-likeness (QED) is 0.829. The van der Waals surface area contributed by atoms with E-state index in [0.29, 0.717) is 28.7 Å². The molecule has 0 amide bonds. The number of nitrogens with two attached hydrogens (primary N) is 1. The second-order valence-electron chi connectivity index (χ2n) is 3.21. The smallest absolute Gasteiger partial charge is 0.167 e. The number of hydrogen-bond acceptors (Lipinski definition) is 4.